The molecule has 4 rings (SSSR count). The largest absolute Gasteiger partial charge is 0.497 e. The van der Waals surface area contributed by atoms with E-state index in [9.17, 15) is 9.47 Å². The van der Waals surface area contributed by atoms with Crippen molar-refractivity contribution in [3.05, 3.63) is 59.2 Å². The summed E-state index contributed by atoms with van der Waals surface area (Å²) in [6.07, 6.45) is 1.81. The van der Waals surface area contributed by atoms with Crippen molar-refractivity contribution < 1.29 is 13.7 Å². The molecule has 1 aliphatic heterocycles. The summed E-state index contributed by atoms with van der Waals surface area (Å²) in [6, 6.07) is 13.1. The van der Waals surface area contributed by atoms with Crippen LogP contribution in [-0.2, 0) is 10.8 Å². The number of ether oxygens (including phenoxy) is 2. The van der Waals surface area contributed by atoms with Gasteiger partial charge >= 0.3 is 0 Å². The van der Waals surface area contributed by atoms with Crippen molar-refractivity contribution in [1.82, 2.24) is 10.3 Å². The van der Waals surface area contributed by atoms with E-state index < -0.39 is 16.8 Å². The third kappa shape index (κ3) is 4.14. The summed E-state index contributed by atoms with van der Waals surface area (Å²) in [7, 11) is 1.28. The standard InChI is InChI=1S/C23H20N8O3S/c1-33-12-7-8-15(34-2)17(9-12)35(32)16-6-4-3-5-13(16)20-18-19(26)14(10-24)21(27)30-22(18)31-23(29-20)28-11-25/h3-9,20H,1-2H3,(H6,26,27,28,29,30,31). The Labute approximate surface area is 203 Å². The van der Waals surface area contributed by atoms with Crippen molar-refractivity contribution >= 4 is 34.1 Å². The number of hydrogen-bond acceptors (Lipinski definition) is 11. The van der Waals surface area contributed by atoms with Crippen LogP contribution in [0.4, 0.5) is 17.3 Å². The maximum Gasteiger partial charge on any atom is 0.211 e. The first-order valence-corrected chi connectivity index (χ1v) is 11.3. The molecule has 6 N–H and O–H groups in total. The van der Waals surface area contributed by atoms with E-state index in [2.05, 4.69) is 20.6 Å². The predicted molar refractivity (Wildman–Crippen MR) is 130 cm³/mol. The summed E-state index contributed by atoms with van der Waals surface area (Å²) in [6.45, 7) is 0. The van der Waals surface area contributed by atoms with Gasteiger partial charge in [0.2, 0.25) is 5.96 Å². The summed E-state index contributed by atoms with van der Waals surface area (Å²) < 4.78 is 24.6. The molecule has 0 aliphatic carbocycles. The average Bonchev–Trinajstić information content (AvgIpc) is 2.87. The number of nitrogen functional groups attached to an aromatic ring is 2. The van der Waals surface area contributed by atoms with E-state index in [4.69, 9.17) is 26.2 Å². The maximum atomic E-state index is 13.9. The van der Waals surface area contributed by atoms with Crippen molar-refractivity contribution in [3.63, 3.8) is 0 Å². The van der Waals surface area contributed by atoms with Crippen LogP contribution in [0.1, 0.15) is 22.7 Å². The quantitative estimate of drug-likeness (QED) is 0.307. The Balaban J connectivity index is 1.94. The molecule has 2 atom stereocenters. The van der Waals surface area contributed by atoms with Crippen molar-refractivity contribution in [2.24, 2.45) is 4.99 Å². The molecule has 3 aromatic rings. The van der Waals surface area contributed by atoms with Crippen molar-refractivity contribution in [2.75, 3.05) is 31.0 Å². The maximum absolute atomic E-state index is 13.9. The molecule has 0 saturated carbocycles. The molecular formula is C23H20N8O3S. The summed E-state index contributed by atoms with van der Waals surface area (Å²) in [5.74, 6) is 1.20. The van der Waals surface area contributed by atoms with Crippen LogP contribution in [-0.4, -0.2) is 29.4 Å². The van der Waals surface area contributed by atoms with E-state index in [-0.39, 0.29) is 28.8 Å². The molecule has 2 unspecified atom stereocenters. The van der Waals surface area contributed by atoms with Crippen LogP contribution in [0.2, 0.25) is 0 Å². The van der Waals surface area contributed by atoms with Gasteiger partial charge in [-0.1, -0.05) is 18.2 Å². The number of guanidine groups is 1. The highest BCUT2D eigenvalue weighted by Crippen LogP contribution is 2.43. The smallest absolute Gasteiger partial charge is 0.211 e. The highest BCUT2D eigenvalue weighted by Gasteiger charge is 2.32. The van der Waals surface area contributed by atoms with Crippen LogP contribution >= 0.6 is 0 Å². The second-order valence-electron chi connectivity index (χ2n) is 7.23. The monoisotopic (exact) mass is 488 g/mol. The molecule has 0 bridgehead atoms. The van der Waals surface area contributed by atoms with Crippen molar-refractivity contribution in [1.29, 1.82) is 10.5 Å². The molecule has 2 heterocycles. The van der Waals surface area contributed by atoms with Gasteiger partial charge in [-0.2, -0.15) is 10.5 Å². The van der Waals surface area contributed by atoms with E-state index in [0.29, 0.717) is 32.4 Å². The van der Waals surface area contributed by atoms with Gasteiger partial charge in [0.05, 0.1) is 35.6 Å². The Bertz CT molecular complexity index is 1460. The lowest BCUT2D eigenvalue weighted by molar-refractivity contribution is 0.393. The number of nitrogens with zero attached hydrogens (tertiary/aromatic N) is 4. The predicted octanol–water partition coefficient (Wildman–Crippen LogP) is 2.24. The number of methoxy groups -OCH3 is 2. The van der Waals surface area contributed by atoms with Crippen LogP contribution in [0.15, 0.2) is 57.2 Å². The SMILES string of the molecule is COc1ccc(OC)c(S(=O)c2ccccc2C2N=C(NC#N)Nc3nc(N)c(C#N)c(N)c32)c1. The number of benzene rings is 2. The number of hydrogen-bond donors (Lipinski definition) is 4. The molecule has 1 aliphatic rings. The van der Waals surface area contributed by atoms with Crippen LogP contribution in [0.3, 0.4) is 0 Å². The number of anilines is 3. The van der Waals surface area contributed by atoms with Crippen LogP contribution < -0.4 is 31.6 Å². The van der Waals surface area contributed by atoms with Gasteiger partial charge in [0.1, 0.15) is 40.8 Å². The fourth-order valence-corrected chi connectivity index (χ4v) is 5.12. The summed E-state index contributed by atoms with van der Waals surface area (Å²) in [5, 5.41) is 24.0. The second-order valence-corrected chi connectivity index (χ2v) is 8.64. The van der Waals surface area contributed by atoms with Crippen LogP contribution in [0, 0.1) is 22.8 Å². The zero-order valence-corrected chi connectivity index (χ0v) is 19.5. The number of aliphatic imine (C=N–C) groups is 1. The number of rotatable bonds is 5. The molecule has 35 heavy (non-hydrogen) atoms. The fraction of sp³-hybridized carbons (Fsp3) is 0.130. The average molecular weight is 489 g/mol. The normalized spacial score (nSPS) is 14.9. The highest BCUT2D eigenvalue weighted by molar-refractivity contribution is 7.85. The molecule has 0 spiro atoms. The van der Waals surface area contributed by atoms with Gasteiger partial charge in [0, 0.05) is 16.5 Å². The van der Waals surface area contributed by atoms with Crippen molar-refractivity contribution in [2.45, 2.75) is 15.8 Å². The van der Waals surface area contributed by atoms with E-state index in [0.717, 1.165) is 0 Å². The third-order valence-corrected chi connectivity index (χ3v) is 6.83. The van der Waals surface area contributed by atoms with Gasteiger partial charge in [-0.05, 0) is 23.8 Å². The van der Waals surface area contributed by atoms with Crippen LogP contribution in [0.25, 0.3) is 0 Å². The minimum absolute atomic E-state index is 0.00973. The second kappa shape index (κ2) is 9.59. The lowest BCUT2D eigenvalue weighted by Gasteiger charge is -2.27. The van der Waals surface area contributed by atoms with Gasteiger partial charge in [-0.25, -0.2) is 14.2 Å². The summed E-state index contributed by atoms with van der Waals surface area (Å²) in [4.78, 5) is 9.65. The van der Waals surface area contributed by atoms with Gasteiger partial charge < -0.3 is 26.3 Å². The van der Waals surface area contributed by atoms with E-state index in [1.807, 2.05) is 6.07 Å². The Morgan fingerprint density at radius 3 is 2.57 bits per heavy atom. The molecule has 176 valence electrons. The minimum atomic E-state index is -1.72. The molecule has 2 aromatic carbocycles. The molecule has 0 fully saturated rings. The van der Waals surface area contributed by atoms with Gasteiger partial charge in [0.25, 0.3) is 0 Å². The molecule has 11 nitrogen and oxygen atoms in total. The lowest BCUT2D eigenvalue weighted by atomic mass is 9.95. The van der Waals surface area contributed by atoms with E-state index in [1.54, 1.807) is 48.7 Å². The Hall–Kier alpha value is -4.81. The number of nitriles is 2. The van der Waals surface area contributed by atoms with E-state index >= 15 is 0 Å². The minimum Gasteiger partial charge on any atom is -0.497 e. The zero-order chi connectivity index (χ0) is 25.1. The number of nitrogens with one attached hydrogen (secondary N) is 2. The number of aromatic nitrogens is 1. The highest BCUT2D eigenvalue weighted by atomic mass is 32.2. The van der Waals surface area contributed by atoms with Gasteiger partial charge in [0.15, 0.2) is 6.19 Å². The Morgan fingerprint density at radius 2 is 1.89 bits per heavy atom. The van der Waals surface area contributed by atoms with Gasteiger partial charge in [-0.15, -0.1) is 0 Å². The summed E-state index contributed by atoms with van der Waals surface area (Å²) in [5.41, 5.74) is 13.3. The molecule has 1 aromatic heterocycles. The first kappa shape index (κ1) is 23.4. The van der Waals surface area contributed by atoms with Crippen LogP contribution in [0.5, 0.6) is 11.5 Å². The first-order valence-electron chi connectivity index (χ1n) is 10.1. The zero-order valence-electron chi connectivity index (χ0n) is 18.7. The first-order chi connectivity index (χ1) is 16.9. The molecule has 0 amide bonds. The van der Waals surface area contributed by atoms with Crippen molar-refractivity contribution in [3.8, 4) is 23.8 Å². The number of fused-ring (bicyclic) bond motifs is 1. The molecule has 0 radical (unpaired) electrons. The molecular weight excluding hydrogens is 468 g/mol. The lowest BCUT2D eigenvalue weighted by Crippen LogP contribution is -2.33. The molecule has 12 heteroatoms. The Morgan fingerprint density at radius 1 is 1.11 bits per heavy atom. The fourth-order valence-electron chi connectivity index (χ4n) is 3.73. The topological polar surface area (TPSA) is 184 Å². The number of pyridine rings is 1. The summed E-state index contributed by atoms with van der Waals surface area (Å²) >= 11 is 0. The number of nitrogens with two attached hydrogens (primary N) is 2. The molecule has 0 saturated heterocycles. The third-order valence-electron chi connectivity index (χ3n) is 5.34. The van der Waals surface area contributed by atoms with Gasteiger partial charge in [-0.3, -0.25) is 5.32 Å². The Kier molecular flexibility index (Phi) is 6.40. The van der Waals surface area contributed by atoms with E-state index in [1.165, 1.54) is 14.2 Å².